The highest BCUT2D eigenvalue weighted by Crippen LogP contribution is 2.34. The average molecular weight is 247 g/mol. The van der Waals surface area contributed by atoms with E-state index in [1.807, 2.05) is 44.2 Å². The number of rotatable bonds is 6. The van der Waals surface area contributed by atoms with E-state index in [2.05, 4.69) is 4.90 Å². The number of hydrogen-bond donors (Lipinski definition) is 1. The lowest BCUT2D eigenvalue weighted by molar-refractivity contribution is -0.151. The van der Waals surface area contributed by atoms with Crippen LogP contribution in [0.4, 0.5) is 0 Å². The molecule has 1 aliphatic rings. The third-order valence-corrected chi connectivity index (χ3v) is 3.81. The van der Waals surface area contributed by atoms with Crippen LogP contribution in [0.25, 0.3) is 0 Å². The van der Waals surface area contributed by atoms with Crippen LogP contribution >= 0.6 is 0 Å². The summed E-state index contributed by atoms with van der Waals surface area (Å²) < 4.78 is 0. The van der Waals surface area contributed by atoms with E-state index >= 15 is 0 Å². The smallest absolute Gasteiger partial charge is 0.324 e. The van der Waals surface area contributed by atoms with Gasteiger partial charge in [-0.2, -0.15) is 0 Å². The fraction of sp³-hybridized carbons (Fsp3) is 0.533. The first-order valence-corrected chi connectivity index (χ1v) is 6.62. The Kier molecular flexibility index (Phi) is 3.71. The molecule has 0 amide bonds. The Morgan fingerprint density at radius 3 is 2.44 bits per heavy atom. The van der Waals surface area contributed by atoms with E-state index in [0.29, 0.717) is 12.5 Å². The van der Waals surface area contributed by atoms with Crippen molar-refractivity contribution in [3.8, 4) is 0 Å². The van der Waals surface area contributed by atoms with Crippen LogP contribution in [0, 0.1) is 0 Å². The summed E-state index contributed by atoms with van der Waals surface area (Å²) in [5, 5.41) is 9.63. The van der Waals surface area contributed by atoms with Gasteiger partial charge in [0.05, 0.1) is 0 Å². The van der Waals surface area contributed by atoms with E-state index in [9.17, 15) is 9.90 Å². The van der Waals surface area contributed by atoms with Crippen LogP contribution in [-0.2, 0) is 11.2 Å². The first kappa shape index (κ1) is 13.1. The zero-order valence-corrected chi connectivity index (χ0v) is 11.1. The van der Waals surface area contributed by atoms with E-state index in [1.54, 1.807) is 0 Å². The Labute approximate surface area is 108 Å². The summed E-state index contributed by atoms with van der Waals surface area (Å²) in [6.07, 6.45) is 2.82. The van der Waals surface area contributed by atoms with Gasteiger partial charge in [-0.25, -0.2) is 0 Å². The van der Waals surface area contributed by atoms with Crippen molar-refractivity contribution < 1.29 is 9.90 Å². The first-order valence-electron chi connectivity index (χ1n) is 6.62. The maximum atomic E-state index is 11.7. The number of likely N-dealkylation sites (N-methyl/N-ethyl adjacent to an activating group) is 1. The van der Waals surface area contributed by atoms with Gasteiger partial charge in [-0.15, -0.1) is 0 Å². The van der Waals surface area contributed by atoms with Crippen LogP contribution in [0.1, 0.15) is 32.3 Å². The zero-order valence-electron chi connectivity index (χ0n) is 11.1. The number of benzene rings is 1. The molecule has 1 unspecified atom stereocenters. The lowest BCUT2D eigenvalue weighted by Gasteiger charge is -2.37. The molecule has 3 heteroatoms. The zero-order chi connectivity index (χ0) is 13.2. The predicted octanol–water partition coefficient (Wildman–Crippen LogP) is 2.56. The van der Waals surface area contributed by atoms with Gasteiger partial charge in [0.2, 0.25) is 0 Å². The molecule has 18 heavy (non-hydrogen) atoms. The number of aliphatic carboxylic acids is 1. The maximum Gasteiger partial charge on any atom is 0.324 e. The van der Waals surface area contributed by atoms with Crippen molar-refractivity contribution in [2.24, 2.45) is 0 Å². The fourth-order valence-electron chi connectivity index (χ4n) is 2.69. The molecule has 1 aliphatic carbocycles. The maximum absolute atomic E-state index is 11.7. The molecule has 1 N–H and O–H groups in total. The molecule has 0 spiro atoms. The lowest BCUT2D eigenvalue weighted by atomic mass is 9.90. The third kappa shape index (κ3) is 2.56. The molecule has 98 valence electrons. The standard InChI is InChI=1S/C15H21NO2/c1-3-16(13-9-10-13)15(2,14(17)18)11-12-7-5-4-6-8-12/h4-8,13H,3,9-11H2,1-2H3,(H,17,18). The van der Waals surface area contributed by atoms with Gasteiger partial charge in [0.1, 0.15) is 5.54 Å². The molecular weight excluding hydrogens is 226 g/mol. The summed E-state index contributed by atoms with van der Waals surface area (Å²) in [7, 11) is 0. The van der Waals surface area contributed by atoms with Crippen LogP contribution < -0.4 is 0 Å². The highest BCUT2D eigenvalue weighted by atomic mass is 16.4. The molecule has 2 rings (SSSR count). The normalized spacial score (nSPS) is 18.6. The van der Waals surface area contributed by atoms with Crippen LogP contribution in [0.15, 0.2) is 30.3 Å². The molecule has 0 bridgehead atoms. The molecule has 1 atom stereocenters. The minimum Gasteiger partial charge on any atom is -0.480 e. The van der Waals surface area contributed by atoms with Crippen molar-refractivity contribution in [2.45, 2.75) is 44.7 Å². The molecule has 0 heterocycles. The second kappa shape index (κ2) is 5.11. The van der Waals surface area contributed by atoms with E-state index in [1.165, 1.54) is 0 Å². The number of nitrogens with zero attached hydrogens (tertiary/aromatic N) is 1. The highest BCUT2D eigenvalue weighted by molar-refractivity contribution is 5.79. The largest absolute Gasteiger partial charge is 0.480 e. The minimum atomic E-state index is -0.794. The van der Waals surface area contributed by atoms with Gasteiger partial charge in [0.15, 0.2) is 0 Å². The van der Waals surface area contributed by atoms with Crippen molar-refractivity contribution in [1.29, 1.82) is 0 Å². The van der Waals surface area contributed by atoms with Crippen molar-refractivity contribution in [3.63, 3.8) is 0 Å². The molecule has 1 fully saturated rings. The molecule has 0 saturated heterocycles. The molecule has 1 aromatic rings. The van der Waals surface area contributed by atoms with Gasteiger partial charge in [-0.05, 0) is 31.9 Å². The fourth-order valence-corrected chi connectivity index (χ4v) is 2.69. The Balaban J connectivity index is 2.23. The SMILES string of the molecule is CCN(C1CC1)C(C)(Cc1ccccc1)C(=O)O. The van der Waals surface area contributed by atoms with Gasteiger partial charge in [0, 0.05) is 12.5 Å². The van der Waals surface area contributed by atoms with Gasteiger partial charge in [-0.3, -0.25) is 9.69 Å². The van der Waals surface area contributed by atoms with Gasteiger partial charge in [-0.1, -0.05) is 37.3 Å². The highest BCUT2D eigenvalue weighted by Gasteiger charge is 2.45. The van der Waals surface area contributed by atoms with E-state index < -0.39 is 11.5 Å². The second-order valence-electron chi connectivity index (χ2n) is 5.26. The molecule has 0 aliphatic heterocycles. The van der Waals surface area contributed by atoms with Crippen LogP contribution in [0.2, 0.25) is 0 Å². The Morgan fingerprint density at radius 2 is 2.00 bits per heavy atom. The molecule has 1 saturated carbocycles. The quantitative estimate of drug-likeness (QED) is 0.840. The summed E-state index contributed by atoms with van der Waals surface area (Å²) in [4.78, 5) is 13.9. The number of carboxylic acid groups (broad SMARTS) is 1. The summed E-state index contributed by atoms with van der Waals surface area (Å²) in [6, 6.07) is 10.3. The molecule has 0 radical (unpaired) electrons. The summed E-state index contributed by atoms with van der Waals surface area (Å²) in [5.74, 6) is -0.722. The predicted molar refractivity (Wildman–Crippen MR) is 71.6 cm³/mol. The topological polar surface area (TPSA) is 40.5 Å². The molecule has 3 nitrogen and oxygen atoms in total. The van der Waals surface area contributed by atoms with Crippen molar-refractivity contribution in [2.75, 3.05) is 6.54 Å². The van der Waals surface area contributed by atoms with E-state index in [-0.39, 0.29) is 0 Å². The van der Waals surface area contributed by atoms with Gasteiger partial charge in [0.25, 0.3) is 0 Å². The van der Waals surface area contributed by atoms with Crippen LogP contribution in [0.3, 0.4) is 0 Å². The molecule has 0 aromatic heterocycles. The van der Waals surface area contributed by atoms with E-state index in [4.69, 9.17) is 0 Å². The van der Waals surface area contributed by atoms with Gasteiger partial charge >= 0.3 is 5.97 Å². The van der Waals surface area contributed by atoms with E-state index in [0.717, 1.165) is 24.9 Å². The first-order chi connectivity index (χ1) is 8.58. The Morgan fingerprint density at radius 1 is 1.39 bits per heavy atom. The van der Waals surface area contributed by atoms with Crippen molar-refractivity contribution in [3.05, 3.63) is 35.9 Å². The number of carboxylic acids is 1. The number of hydrogen-bond acceptors (Lipinski definition) is 2. The van der Waals surface area contributed by atoms with Crippen LogP contribution in [0.5, 0.6) is 0 Å². The Bertz CT molecular complexity index is 414. The van der Waals surface area contributed by atoms with Crippen molar-refractivity contribution >= 4 is 5.97 Å². The number of carbonyl (C=O) groups is 1. The van der Waals surface area contributed by atoms with Crippen molar-refractivity contribution in [1.82, 2.24) is 4.90 Å². The average Bonchev–Trinajstić information content (AvgIpc) is 3.15. The molecular formula is C15H21NO2. The van der Waals surface area contributed by atoms with Gasteiger partial charge < -0.3 is 5.11 Å². The second-order valence-corrected chi connectivity index (χ2v) is 5.26. The van der Waals surface area contributed by atoms with Crippen LogP contribution in [-0.4, -0.2) is 34.1 Å². The third-order valence-electron chi connectivity index (χ3n) is 3.81. The summed E-state index contributed by atoms with van der Waals surface area (Å²) in [6.45, 7) is 4.69. The lowest BCUT2D eigenvalue weighted by Crippen LogP contribution is -2.55. The molecule has 1 aromatic carbocycles. The Hall–Kier alpha value is -1.35. The monoisotopic (exact) mass is 247 g/mol. The summed E-state index contributed by atoms with van der Waals surface area (Å²) in [5.41, 5.74) is 0.290. The summed E-state index contributed by atoms with van der Waals surface area (Å²) >= 11 is 0. The minimum absolute atomic E-state index is 0.458.